The van der Waals surface area contributed by atoms with E-state index in [1.54, 1.807) is 0 Å². The van der Waals surface area contributed by atoms with E-state index in [1.165, 1.54) is 6.92 Å². The van der Waals surface area contributed by atoms with Gasteiger partial charge in [0.15, 0.2) is 0 Å². The summed E-state index contributed by atoms with van der Waals surface area (Å²) in [6, 6.07) is 0. The van der Waals surface area contributed by atoms with Crippen LogP contribution in [0.2, 0.25) is 0 Å². The molecular formula is C11H20O3. The first-order valence-electron chi connectivity index (χ1n) is 5.02. The molecule has 2 unspecified atom stereocenters. The fraction of sp³-hybridized carbons (Fsp3) is 0.818. The number of aliphatic carboxylic acids is 1. The number of carboxylic acids is 1. The van der Waals surface area contributed by atoms with E-state index in [0.717, 1.165) is 0 Å². The molecule has 0 aromatic carbocycles. The average molecular weight is 200 g/mol. The number of hydrogen-bond acceptors (Lipinski definition) is 2. The first-order valence-corrected chi connectivity index (χ1v) is 5.02. The Morgan fingerprint density at radius 1 is 0.929 bits per heavy atom. The summed E-state index contributed by atoms with van der Waals surface area (Å²) < 4.78 is 0. The number of carbonyl (C=O) groups is 2. The molecule has 0 saturated carbocycles. The lowest BCUT2D eigenvalue weighted by atomic mass is 9.75. The Morgan fingerprint density at radius 2 is 1.29 bits per heavy atom. The van der Waals surface area contributed by atoms with Crippen molar-refractivity contribution in [3.05, 3.63) is 0 Å². The third-order valence-corrected chi connectivity index (χ3v) is 2.58. The van der Waals surface area contributed by atoms with Crippen LogP contribution in [0.1, 0.15) is 34.6 Å². The van der Waals surface area contributed by atoms with Gasteiger partial charge in [0.2, 0.25) is 0 Å². The van der Waals surface area contributed by atoms with Crippen LogP contribution in [0.15, 0.2) is 0 Å². The van der Waals surface area contributed by atoms with Gasteiger partial charge in [0.05, 0.1) is 5.92 Å². The van der Waals surface area contributed by atoms with E-state index in [2.05, 4.69) is 0 Å². The summed E-state index contributed by atoms with van der Waals surface area (Å²) in [5.74, 6) is -1.75. The predicted octanol–water partition coefficient (Wildman–Crippen LogP) is 2.20. The van der Waals surface area contributed by atoms with E-state index >= 15 is 0 Å². The molecule has 0 radical (unpaired) electrons. The number of hydrogen-bond donors (Lipinski definition) is 1. The second-order valence-corrected chi connectivity index (χ2v) is 4.49. The summed E-state index contributed by atoms with van der Waals surface area (Å²) in [6.45, 7) is 8.95. The van der Waals surface area contributed by atoms with Crippen LogP contribution in [-0.4, -0.2) is 16.9 Å². The van der Waals surface area contributed by atoms with Crippen molar-refractivity contribution in [2.24, 2.45) is 23.7 Å². The number of Topliss-reactive ketones (excluding diaryl/α,β-unsaturated/α-hetero) is 1. The van der Waals surface area contributed by atoms with Gasteiger partial charge in [-0.05, 0) is 18.8 Å². The van der Waals surface area contributed by atoms with Crippen LogP contribution >= 0.6 is 0 Å². The van der Waals surface area contributed by atoms with Gasteiger partial charge in [0.1, 0.15) is 5.78 Å². The van der Waals surface area contributed by atoms with E-state index in [1.807, 2.05) is 27.7 Å². The Morgan fingerprint density at radius 3 is 1.36 bits per heavy atom. The van der Waals surface area contributed by atoms with Crippen molar-refractivity contribution < 1.29 is 14.7 Å². The standard InChI is InChI=1S/C11H20O3/c1-6(2)9(8(5)12)10(7(3)4)11(13)14/h6-7,9-10H,1-5H3,(H,13,14). The lowest BCUT2D eigenvalue weighted by molar-refractivity contribution is -0.149. The van der Waals surface area contributed by atoms with Crippen molar-refractivity contribution in [3.63, 3.8) is 0 Å². The Kier molecular flexibility index (Phi) is 4.81. The van der Waals surface area contributed by atoms with Gasteiger partial charge >= 0.3 is 5.97 Å². The average Bonchev–Trinajstić information content (AvgIpc) is 1.96. The molecule has 0 aromatic rings. The SMILES string of the molecule is CC(=O)C(C(C)C)C(C(=O)O)C(C)C. The van der Waals surface area contributed by atoms with E-state index in [-0.39, 0.29) is 23.5 Å². The fourth-order valence-electron chi connectivity index (χ4n) is 1.99. The maximum absolute atomic E-state index is 11.4. The lowest BCUT2D eigenvalue weighted by Gasteiger charge is -2.27. The molecule has 0 heterocycles. The van der Waals surface area contributed by atoms with Crippen molar-refractivity contribution in [3.8, 4) is 0 Å². The van der Waals surface area contributed by atoms with Crippen LogP contribution in [0.5, 0.6) is 0 Å². The van der Waals surface area contributed by atoms with Gasteiger partial charge in [0, 0.05) is 5.92 Å². The van der Waals surface area contributed by atoms with E-state index in [0.29, 0.717) is 0 Å². The van der Waals surface area contributed by atoms with Crippen LogP contribution < -0.4 is 0 Å². The molecule has 3 nitrogen and oxygen atoms in total. The Hall–Kier alpha value is -0.860. The largest absolute Gasteiger partial charge is 0.481 e. The minimum Gasteiger partial charge on any atom is -0.481 e. The smallest absolute Gasteiger partial charge is 0.307 e. The third kappa shape index (κ3) is 3.13. The summed E-state index contributed by atoms with van der Waals surface area (Å²) in [4.78, 5) is 22.4. The van der Waals surface area contributed by atoms with Crippen LogP contribution in [0.25, 0.3) is 0 Å². The van der Waals surface area contributed by atoms with Gasteiger partial charge in [0.25, 0.3) is 0 Å². The van der Waals surface area contributed by atoms with Crippen molar-refractivity contribution in [2.75, 3.05) is 0 Å². The Labute approximate surface area is 85.5 Å². The molecule has 0 bridgehead atoms. The molecule has 0 rings (SSSR count). The molecule has 0 aliphatic heterocycles. The monoisotopic (exact) mass is 200 g/mol. The summed E-state index contributed by atoms with van der Waals surface area (Å²) >= 11 is 0. The lowest BCUT2D eigenvalue weighted by Crippen LogP contribution is -2.35. The summed E-state index contributed by atoms with van der Waals surface area (Å²) in [5, 5.41) is 9.06. The van der Waals surface area contributed by atoms with Crippen molar-refractivity contribution in [2.45, 2.75) is 34.6 Å². The van der Waals surface area contributed by atoms with E-state index in [4.69, 9.17) is 5.11 Å². The van der Waals surface area contributed by atoms with E-state index in [9.17, 15) is 9.59 Å². The molecule has 14 heavy (non-hydrogen) atoms. The van der Waals surface area contributed by atoms with Crippen molar-refractivity contribution >= 4 is 11.8 Å². The summed E-state index contributed by atoms with van der Waals surface area (Å²) in [5.41, 5.74) is 0. The third-order valence-electron chi connectivity index (χ3n) is 2.58. The molecule has 3 heteroatoms. The highest BCUT2D eigenvalue weighted by molar-refractivity contribution is 5.84. The molecule has 0 saturated heterocycles. The zero-order chi connectivity index (χ0) is 11.5. The van der Waals surface area contributed by atoms with Crippen molar-refractivity contribution in [1.82, 2.24) is 0 Å². The predicted molar refractivity (Wildman–Crippen MR) is 55.0 cm³/mol. The minimum atomic E-state index is -0.867. The second-order valence-electron chi connectivity index (χ2n) is 4.49. The van der Waals surface area contributed by atoms with Gasteiger partial charge in [-0.1, -0.05) is 27.7 Å². The molecule has 0 aliphatic carbocycles. The van der Waals surface area contributed by atoms with Gasteiger partial charge in [-0.25, -0.2) is 0 Å². The summed E-state index contributed by atoms with van der Waals surface area (Å²) in [6.07, 6.45) is 0. The molecule has 82 valence electrons. The highest BCUT2D eigenvalue weighted by Gasteiger charge is 2.35. The van der Waals surface area contributed by atoms with Gasteiger partial charge in [-0.3, -0.25) is 9.59 Å². The quantitative estimate of drug-likeness (QED) is 0.740. The zero-order valence-corrected chi connectivity index (χ0v) is 9.57. The first-order chi connectivity index (χ1) is 6.29. The molecule has 0 aromatic heterocycles. The zero-order valence-electron chi connectivity index (χ0n) is 9.57. The highest BCUT2D eigenvalue weighted by Crippen LogP contribution is 2.28. The summed E-state index contributed by atoms with van der Waals surface area (Å²) in [7, 11) is 0. The molecule has 2 atom stereocenters. The number of rotatable bonds is 5. The molecular weight excluding hydrogens is 180 g/mol. The van der Waals surface area contributed by atoms with Gasteiger partial charge < -0.3 is 5.11 Å². The number of ketones is 1. The van der Waals surface area contributed by atoms with E-state index < -0.39 is 11.9 Å². The number of carbonyl (C=O) groups excluding carboxylic acids is 1. The van der Waals surface area contributed by atoms with Gasteiger partial charge in [-0.2, -0.15) is 0 Å². The highest BCUT2D eigenvalue weighted by atomic mass is 16.4. The maximum atomic E-state index is 11.4. The van der Waals surface area contributed by atoms with Crippen molar-refractivity contribution in [1.29, 1.82) is 0 Å². The van der Waals surface area contributed by atoms with Gasteiger partial charge in [-0.15, -0.1) is 0 Å². The minimum absolute atomic E-state index is 0.0104. The Balaban J connectivity index is 4.93. The molecule has 1 N–H and O–H groups in total. The molecule has 0 spiro atoms. The fourth-order valence-corrected chi connectivity index (χ4v) is 1.99. The van der Waals surface area contributed by atoms with Crippen LogP contribution in [0, 0.1) is 23.7 Å². The van der Waals surface area contributed by atoms with Crippen LogP contribution in [0.3, 0.4) is 0 Å². The number of carboxylic acid groups (broad SMARTS) is 1. The second kappa shape index (κ2) is 5.13. The Bertz CT molecular complexity index is 195. The molecule has 0 amide bonds. The normalized spacial score (nSPS) is 15.6. The molecule has 0 aliphatic rings. The first kappa shape index (κ1) is 13.1. The van der Waals surface area contributed by atoms with Crippen LogP contribution in [0.4, 0.5) is 0 Å². The maximum Gasteiger partial charge on any atom is 0.307 e. The topological polar surface area (TPSA) is 54.4 Å². The molecule has 0 fully saturated rings. The van der Waals surface area contributed by atoms with Crippen LogP contribution in [-0.2, 0) is 9.59 Å².